The largest absolute Gasteiger partial charge is 0.466 e. The summed E-state index contributed by atoms with van der Waals surface area (Å²) < 4.78 is 28.0. The number of aliphatic hydroxyl groups is 1. The number of ether oxygens (including phenoxy) is 1. The van der Waals surface area contributed by atoms with Crippen LogP contribution in [0, 0.1) is 5.92 Å². The van der Waals surface area contributed by atoms with Crippen LogP contribution < -0.4 is 0 Å². The average molecular weight is 278 g/mol. The van der Waals surface area contributed by atoms with Crippen molar-refractivity contribution in [2.24, 2.45) is 5.92 Å². The average Bonchev–Trinajstić information content (AvgIpc) is 2.29. The Kier molecular flexibility index (Phi) is 5.16. The highest BCUT2D eigenvalue weighted by atomic mass is 32.2. The molecular weight excluding hydrogens is 256 g/mol. The lowest BCUT2D eigenvalue weighted by atomic mass is 9.80. The van der Waals surface area contributed by atoms with Gasteiger partial charge in [-0.3, -0.25) is 4.79 Å². The summed E-state index contributed by atoms with van der Waals surface area (Å²) in [5, 5.41) is 10.2. The van der Waals surface area contributed by atoms with E-state index in [4.69, 9.17) is 4.74 Å². The molecule has 1 aliphatic rings. The second kappa shape index (κ2) is 6.02. The zero-order chi connectivity index (χ0) is 13.8. The molecule has 1 fully saturated rings. The normalized spacial score (nSPS) is 28.9. The fourth-order valence-electron chi connectivity index (χ4n) is 2.31. The van der Waals surface area contributed by atoms with Crippen LogP contribution in [0.2, 0.25) is 0 Å². The van der Waals surface area contributed by atoms with E-state index in [9.17, 15) is 18.3 Å². The van der Waals surface area contributed by atoms with Crippen molar-refractivity contribution in [3.05, 3.63) is 0 Å². The van der Waals surface area contributed by atoms with Crippen LogP contribution in [0.4, 0.5) is 0 Å². The first-order valence-electron chi connectivity index (χ1n) is 6.41. The van der Waals surface area contributed by atoms with Crippen LogP contribution >= 0.6 is 0 Å². The number of esters is 1. The van der Waals surface area contributed by atoms with E-state index in [0.717, 1.165) is 0 Å². The van der Waals surface area contributed by atoms with Gasteiger partial charge in [0.15, 0.2) is 9.84 Å². The van der Waals surface area contributed by atoms with E-state index in [1.165, 1.54) is 0 Å². The maximum Gasteiger partial charge on any atom is 0.308 e. The minimum absolute atomic E-state index is 0.0383. The summed E-state index contributed by atoms with van der Waals surface area (Å²) in [7, 11) is -3.19. The van der Waals surface area contributed by atoms with Crippen molar-refractivity contribution >= 4 is 15.8 Å². The van der Waals surface area contributed by atoms with Gasteiger partial charge in [-0.2, -0.15) is 0 Å². The Morgan fingerprint density at radius 3 is 2.33 bits per heavy atom. The van der Waals surface area contributed by atoms with Crippen molar-refractivity contribution in [3.8, 4) is 0 Å². The van der Waals surface area contributed by atoms with Gasteiger partial charge in [-0.05, 0) is 32.6 Å². The molecule has 0 aromatic carbocycles. The molecule has 0 atom stereocenters. The van der Waals surface area contributed by atoms with Crippen LogP contribution in [0.25, 0.3) is 0 Å². The molecule has 5 nitrogen and oxygen atoms in total. The van der Waals surface area contributed by atoms with Crippen LogP contribution in [0.3, 0.4) is 0 Å². The first-order chi connectivity index (χ1) is 8.32. The number of carbonyl (C=O) groups excluding carboxylic acids is 1. The quantitative estimate of drug-likeness (QED) is 0.756. The highest BCUT2D eigenvalue weighted by Gasteiger charge is 2.39. The molecule has 1 aliphatic carbocycles. The first kappa shape index (κ1) is 15.4. The van der Waals surface area contributed by atoms with Gasteiger partial charge in [-0.1, -0.05) is 6.92 Å². The zero-order valence-corrected chi connectivity index (χ0v) is 11.8. The lowest BCUT2D eigenvalue weighted by Crippen LogP contribution is -2.42. The SMILES string of the molecule is CCOC(=O)C1CCC(O)(CS(=O)(=O)CC)CC1. The maximum atomic E-state index is 11.5. The summed E-state index contributed by atoms with van der Waals surface area (Å²) in [5.41, 5.74) is -1.17. The molecule has 0 radical (unpaired) electrons. The molecule has 0 bridgehead atoms. The minimum atomic E-state index is -3.19. The lowest BCUT2D eigenvalue weighted by molar-refractivity contribution is -0.150. The Morgan fingerprint density at radius 1 is 1.33 bits per heavy atom. The van der Waals surface area contributed by atoms with E-state index in [-0.39, 0.29) is 23.4 Å². The van der Waals surface area contributed by atoms with Crippen molar-refractivity contribution < 1.29 is 23.1 Å². The van der Waals surface area contributed by atoms with Gasteiger partial charge in [0.2, 0.25) is 0 Å². The Balaban J connectivity index is 2.54. The van der Waals surface area contributed by atoms with Crippen molar-refractivity contribution in [2.75, 3.05) is 18.1 Å². The molecular formula is C12H22O5S. The fourth-order valence-corrected chi connectivity index (χ4v) is 3.62. The van der Waals surface area contributed by atoms with E-state index in [2.05, 4.69) is 0 Å². The van der Waals surface area contributed by atoms with Gasteiger partial charge in [0, 0.05) is 5.75 Å². The smallest absolute Gasteiger partial charge is 0.308 e. The molecule has 6 heteroatoms. The Hall–Kier alpha value is -0.620. The molecule has 0 heterocycles. The molecule has 0 unspecified atom stereocenters. The van der Waals surface area contributed by atoms with Gasteiger partial charge in [0.1, 0.15) is 0 Å². The monoisotopic (exact) mass is 278 g/mol. The zero-order valence-electron chi connectivity index (χ0n) is 11.0. The molecule has 0 spiro atoms. The maximum absolute atomic E-state index is 11.5. The summed E-state index contributed by atoms with van der Waals surface area (Å²) in [4.78, 5) is 11.5. The number of hydrogen-bond donors (Lipinski definition) is 1. The van der Waals surface area contributed by atoms with Crippen molar-refractivity contribution in [3.63, 3.8) is 0 Å². The number of rotatable bonds is 5. The first-order valence-corrected chi connectivity index (χ1v) is 8.23. The predicted octanol–water partition coefficient (Wildman–Crippen LogP) is 0.905. The summed E-state index contributed by atoms with van der Waals surface area (Å²) in [5.74, 6) is -0.602. The van der Waals surface area contributed by atoms with E-state index >= 15 is 0 Å². The number of hydrogen-bond acceptors (Lipinski definition) is 5. The van der Waals surface area contributed by atoms with E-state index < -0.39 is 15.4 Å². The second-order valence-corrected chi connectivity index (χ2v) is 7.28. The molecule has 1 rings (SSSR count). The third-order valence-corrected chi connectivity index (χ3v) is 5.32. The fraction of sp³-hybridized carbons (Fsp3) is 0.917. The molecule has 0 aromatic heterocycles. The van der Waals surface area contributed by atoms with Gasteiger partial charge in [0.05, 0.1) is 23.9 Å². The molecule has 1 saturated carbocycles. The number of sulfone groups is 1. The molecule has 1 N–H and O–H groups in total. The van der Waals surface area contributed by atoms with Gasteiger partial charge in [-0.25, -0.2) is 8.42 Å². The highest BCUT2D eigenvalue weighted by Crippen LogP contribution is 2.33. The van der Waals surface area contributed by atoms with Gasteiger partial charge in [0.25, 0.3) is 0 Å². The molecule has 0 aromatic rings. The molecule has 106 valence electrons. The van der Waals surface area contributed by atoms with Crippen LogP contribution in [0.15, 0.2) is 0 Å². The Bertz CT molecular complexity index is 379. The van der Waals surface area contributed by atoms with E-state index in [1.807, 2.05) is 0 Å². The predicted molar refractivity (Wildman–Crippen MR) is 67.9 cm³/mol. The molecule has 0 saturated heterocycles. The summed E-state index contributed by atoms with van der Waals surface area (Å²) in [6, 6.07) is 0. The van der Waals surface area contributed by atoms with Crippen LogP contribution in [0.1, 0.15) is 39.5 Å². The summed E-state index contributed by atoms with van der Waals surface area (Å²) in [6.45, 7) is 3.68. The van der Waals surface area contributed by atoms with Crippen LogP contribution in [0.5, 0.6) is 0 Å². The molecule has 18 heavy (non-hydrogen) atoms. The third-order valence-electron chi connectivity index (χ3n) is 3.46. The lowest BCUT2D eigenvalue weighted by Gasteiger charge is -2.34. The van der Waals surface area contributed by atoms with Gasteiger partial charge < -0.3 is 9.84 Å². The van der Waals surface area contributed by atoms with Gasteiger partial charge >= 0.3 is 5.97 Å². The van der Waals surface area contributed by atoms with Crippen LogP contribution in [-0.4, -0.2) is 43.2 Å². The minimum Gasteiger partial charge on any atom is -0.466 e. The second-order valence-electron chi connectivity index (χ2n) is 4.93. The topological polar surface area (TPSA) is 80.7 Å². The van der Waals surface area contributed by atoms with Crippen molar-refractivity contribution in [1.82, 2.24) is 0 Å². The third kappa shape index (κ3) is 4.24. The summed E-state index contributed by atoms with van der Waals surface area (Å²) in [6.07, 6.45) is 1.68. The van der Waals surface area contributed by atoms with E-state index in [1.54, 1.807) is 13.8 Å². The number of carbonyl (C=O) groups is 1. The van der Waals surface area contributed by atoms with Crippen molar-refractivity contribution in [1.29, 1.82) is 0 Å². The highest BCUT2D eigenvalue weighted by molar-refractivity contribution is 7.91. The Morgan fingerprint density at radius 2 is 1.89 bits per heavy atom. The molecule has 0 aliphatic heterocycles. The van der Waals surface area contributed by atoms with Crippen molar-refractivity contribution in [2.45, 2.75) is 45.1 Å². The van der Waals surface area contributed by atoms with Crippen LogP contribution in [-0.2, 0) is 19.4 Å². The molecule has 0 amide bonds. The van der Waals surface area contributed by atoms with Gasteiger partial charge in [-0.15, -0.1) is 0 Å². The Labute approximate surface area is 108 Å². The standard InChI is InChI=1S/C12H22O5S/c1-3-17-11(13)10-5-7-12(14,8-6-10)9-18(15,16)4-2/h10,14H,3-9H2,1-2H3. The summed E-state index contributed by atoms with van der Waals surface area (Å²) >= 11 is 0. The van der Waals surface area contributed by atoms with E-state index in [0.29, 0.717) is 32.3 Å².